The molecule has 1 atom stereocenters. The van der Waals surface area contributed by atoms with Gasteiger partial charge in [0.05, 0.1) is 6.42 Å². The zero-order valence-electron chi connectivity index (χ0n) is 9.65. The lowest BCUT2D eigenvalue weighted by Gasteiger charge is -2.12. The molecule has 0 radical (unpaired) electrons. The monoisotopic (exact) mass is 248 g/mol. The van der Waals surface area contributed by atoms with E-state index in [0.717, 1.165) is 0 Å². The van der Waals surface area contributed by atoms with Crippen LogP contribution in [0.15, 0.2) is 24.3 Å². The molecule has 18 heavy (non-hydrogen) atoms. The molecule has 0 saturated carbocycles. The van der Waals surface area contributed by atoms with Gasteiger partial charge in [-0.2, -0.15) is 0 Å². The van der Waals surface area contributed by atoms with Crippen LogP contribution in [-0.2, 0) is 16.0 Å². The fourth-order valence-corrected chi connectivity index (χ4v) is 1.37. The molecule has 0 aliphatic heterocycles. The van der Waals surface area contributed by atoms with Crippen molar-refractivity contribution < 1.29 is 14.0 Å². The van der Waals surface area contributed by atoms with E-state index in [1.165, 1.54) is 24.3 Å². The lowest BCUT2D eigenvalue weighted by molar-refractivity contribution is -0.126. The van der Waals surface area contributed by atoms with Crippen molar-refractivity contribution in [1.82, 2.24) is 5.32 Å². The number of terminal acetylenes is 1. The maximum atomic E-state index is 12.7. The highest BCUT2D eigenvalue weighted by Gasteiger charge is 2.16. The lowest BCUT2D eigenvalue weighted by atomic mass is 10.1. The predicted molar refractivity (Wildman–Crippen MR) is 64.7 cm³/mol. The predicted octanol–water partition coefficient (Wildman–Crippen LogP) is 0.362. The van der Waals surface area contributed by atoms with Crippen LogP contribution in [0.1, 0.15) is 12.0 Å². The van der Waals surface area contributed by atoms with Crippen LogP contribution < -0.4 is 11.1 Å². The van der Waals surface area contributed by atoms with Crippen molar-refractivity contribution in [2.45, 2.75) is 18.9 Å². The van der Waals surface area contributed by atoms with Gasteiger partial charge in [0.1, 0.15) is 11.9 Å². The van der Waals surface area contributed by atoms with E-state index in [9.17, 15) is 14.0 Å². The number of primary amides is 1. The Kier molecular flexibility index (Phi) is 4.88. The number of hydrogen-bond donors (Lipinski definition) is 2. The Bertz CT molecular complexity index is 477. The molecule has 2 amide bonds. The third-order valence-corrected chi connectivity index (χ3v) is 2.28. The summed E-state index contributed by atoms with van der Waals surface area (Å²) >= 11 is 0. The summed E-state index contributed by atoms with van der Waals surface area (Å²) in [7, 11) is 0. The van der Waals surface area contributed by atoms with Gasteiger partial charge in [0, 0.05) is 6.42 Å². The molecule has 5 heteroatoms. The topological polar surface area (TPSA) is 72.2 Å². The quantitative estimate of drug-likeness (QED) is 0.738. The second-order valence-corrected chi connectivity index (χ2v) is 3.73. The third kappa shape index (κ3) is 4.26. The summed E-state index contributed by atoms with van der Waals surface area (Å²) in [5.41, 5.74) is 5.72. The Balaban J connectivity index is 2.58. The van der Waals surface area contributed by atoms with Crippen LogP contribution in [0, 0.1) is 18.2 Å². The smallest absolute Gasteiger partial charge is 0.240 e. The van der Waals surface area contributed by atoms with Crippen molar-refractivity contribution in [3.05, 3.63) is 35.6 Å². The van der Waals surface area contributed by atoms with E-state index in [-0.39, 0.29) is 24.6 Å². The first-order chi connectivity index (χ1) is 8.52. The van der Waals surface area contributed by atoms with Gasteiger partial charge in [-0.25, -0.2) is 4.39 Å². The number of nitrogens with two attached hydrogens (primary N) is 1. The number of hydrogen-bond acceptors (Lipinski definition) is 2. The minimum atomic E-state index is -0.872. The average molecular weight is 248 g/mol. The van der Waals surface area contributed by atoms with Gasteiger partial charge in [-0.3, -0.25) is 9.59 Å². The van der Waals surface area contributed by atoms with Gasteiger partial charge in [-0.1, -0.05) is 12.1 Å². The SMILES string of the molecule is C#CC[C@H](NC(=O)Cc1ccc(F)cc1)C(N)=O. The minimum absolute atomic E-state index is 0.0363. The van der Waals surface area contributed by atoms with Crippen LogP contribution in [0.2, 0.25) is 0 Å². The van der Waals surface area contributed by atoms with Gasteiger partial charge in [-0.05, 0) is 17.7 Å². The molecule has 1 aromatic rings. The lowest BCUT2D eigenvalue weighted by Crippen LogP contribution is -2.44. The van der Waals surface area contributed by atoms with Gasteiger partial charge >= 0.3 is 0 Å². The normalized spacial score (nSPS) is 11.3. The Morgan fingerprint density at radius 1 is 1.39 bits per heavy atom. The zero-order valence-corrected chi connectivity index (χ0v) is 9.65. The van der Waals surface area contributed by atoms with Crippen molar-refractivity contribution in [3.63, 3.8) is 0 Å². The maximum absolute atomic E-state index is 12.7. The number of amides is 2. The summed E-state index contributed by atoms with van der Waals surface area (Å²) in [4.78, 5) is 22.6. The molecule has 0 aliphatic carbocycles. The molecule has 1 rings (SSSR count). The number of carbonyl (C=O) groups excluding carboxylic acids is 2. The summed E-state index contributed by atoms with van der Waals surface area (Å²) in [5, 5.41) is 2.43. The first-order valence-corrected chi connectivity index (χ1v) is 5.29. The Morgan fingerprint density at radius 2 is 2.00 bits per heavy atom. The molecule has 0 spiro atoms. The molecule has 0 bridgehead atoms. The highest BCUT2D eigenvalue weighted by molar-refractivity contribution is 5.87. The van der Waals surface area contributed by atoms with Gasteiger partial charge < -0.3 is 11.1 Å². The van der Waals surface area contributed by atoms with Crippen LogP contribution >= 0.6 is 0 Å². The molecule has 0 unspecified atom stereocenters. The van der Waals surface area contributed by atoms with Gasteiger partial charge in [0.25, 0.3) is 0 Å². The zero-order chi connectivity index (χ0) is 13.5. The standard InChI is InChI=1S/C13H13FN2O2/c1-2-3-11(13(15)18)16-12(17)8-9-4-6-10(14)7-5-9/h1,4-7,11H,3,8H2,(H2,15,18)(H,16,17)/t11-/m0/s1. The fraction of sp³-hybridized carbons (Fsp3) is 0.231. The summed E-state index contributed by atoms with van der Waals surface area (Å²) in [6.45, 7) is 0. The molecular formula is C13H13FN2O2. The largest absolute Gasteiger partial charge is 0.368 e. The highest BCUT2D eigenvalue weighted by Crippen LogP contribution is 2.03. The Hall–Kier alpha value is -2.35. The van der Waals surface area contributed by atoms with E-state index in [0.29, 0.717) is 5.56 Å². The molecule has 0 heterocycles. The second kappa shape index (κ2) is 6.40. The fourth-order valence-electron chi connectivity index (χ4n) is 1.37. The Morgan fingerprint density at radius 3 is 2.50 bits per heavy atom. The molecule has 3 N–H and O–H groups in total. The molecule has 0 aromatic heterocycles. The van der Waals surface area contributed by atoms with E-state index >= 15 is 0 Å². The van der Waals surface area contributed by atoms with Crippen LogP contribution in [0.3, 0.4) is 0 Å². The van der Waals surface area contributed by atoms with Gasteiger partial charge in [0.15, 0.2) is 0 Å². The minimum Gasteiger partial charge on any atom is -0.368 e. The maximum Gasteiger partial charge on any atom is 0.240 e. The number of carbonyl (C=O) groups is 2. The number of nitrogens with one attached hydrogen (secondary N) is 1. The number of halogens is 1. The van der Waals surface area contributed by atoms with Crippen molar-refractivity contribution in [3.8, 4) is 12.3 Å². The van der Waals surface area contributed by atoms with Crippen LogP contribution in [0.25, 0.3) is 0 Å². The van der Waals surface area contributed by atoms with E-state index in [4.69, 9.17) is 12.2 Å². The first kappa shape index (κ1) is 13.7. The van der Waals surface area contributed by atoms with Crippen LogP contribution in [0.5, 0.6) is 0 Å². The molecular weight excluding hydrogens is 235 g/mol. The average Bonchev–Trinajstić information content (AvgIpc) is 2.31. The van der Waals surface area contributed by atoms with Crippen molar-refractivity contribution in [2.75, 3.05) is 0 Å². The number of rotatable bonds is 5. The highest BCUT2D eigenvalue weighted by atomic mass is 19.1. The van der Waals surface area contributed by atoms with Crippen molar-refractivity contribution >= 4 is 11.8 Å². The van der Waals surface area contributed by atoms with Gasteiger partial charge in [0.2, 0.25) is 11.8 Å². The summed E-state index contributed by atoms with van der Waals surface area (Å²) < 4.78 is 12.7. The van der Waals surface area contributed by atoms with E-state index in [1.807, 2.05) is 0 Å². The Labute approximate surface area is 104 Å². The van der Waals surface area contributed by atoms with E-state index in [2.05, 4.69) is 11.2 Å². The third-order valence-electron chi connectivity index (χ3n) is 2.28. The van der Waals surface area contributed by atoms with E-state index < -0.39 is 11.9 Å². The van der Waals surface area contributed by atoms with Crippen LogP contribution in [0.4, 0.5) is 4.39 Å². The first-order valence-electron chi connectivity index (χ1n) is 5.29. The summed E-state index contributed by atoms with van der Waals surface area (Å²) in [5.74, 6) is 0.819. The molecule has 4 nitrogen and oxygen atoms in total. The molecule has 0 aliphatic rings. The van der Waals surface area contributed by atoms with Crippen molar-refractivity contribution in [1.29, 1.82) is 0 Å². The number of benzene rings is 1. The van der Waals surface area contributed by atoms with E-state index in [1.54, 1.807) is 0 Å². The van der Waals surface area contributed by atoms with Gasteiger partial charge in [-0.15, -0.1) is 12.3 Å². The van der Waals surface area contributed by atoms with Crippen LogP contribution in [-0.4, -0.2) is 17.9 Å². The molecule has 94 valence electrons. The molecule has 0 fully saturated rings. The van der Waals surface area contributed by atoms with Crippen molar-refractivity contribution in [2.24, 2.45) is 5.73 Å². The molecule has 1 aromatic carbocycles. The summed E-state index contributed by atoms with van der Waals surface area (Å²) in [6, 6.07) is 4.64. The second-order valence-electron chi connectivity index (χ2n) is 3.73. The summed E-state index contributed by atoms with van der Waals surface area (Å²) in [6.07, 6.45) is 5.14. The molecule has 0 saturated heterocycles.